The second-order valence-corrected chi connectivity index (χ2v) is 10.3. The Morgan fingerprint density at radius 3 is 2.53 bits per heavy atom. The molecular formula is C32H33FN4O6. The molecule has 0 radical (unpaired) electrons. The molecule has 11 heteroatoms. The van der Waals surface area contributed by atoms with E-state index < -0.39 is 11.8 Å². The second-order valence-electron chi connectivity index (χ2n) is 10.3. The Morgan fingerprint density at radius 1 is 0.953 bits per heavy atom. The van der Waals surface area contributed by atoms with Gasteiger partial charge < -0.3 is 34.3 Å². The molecule has 6 rings (SSSR count). The Bertz CT molecular complexity index is 1590. The van der Waals surface area contributed by atoms with E-state index in [-0.39, 0.29) is 5.69 Å². The number of pyridine rings is 1. The maximum atomic E-state index is 14.1. The molecule has 1 fully saturated rings. The molecule has 0 atom stereocenters. The van der Waals surface area contributed by atoms with Gasteiger partial charge in [-0.25, -0.2) is 9.18 Å². The SMILES string of the molecule is Cc1ccc(NC(=O)Nc2ccc(Oc3ccnc4cc(OCCCN5CCOCC5)c5c(c34)OCCO5)cc2)c(F)c1. The summed E-state index contributed by atoms with van der Waals surface area (Å²) in [6.07, 6.45) is 2.54. The van der Waals surface area contributed by atoms with Crippen molar-refractivity contribution in [2.75, 3.05) is 63.3 Å². The van der Waals surface area contributed by atoms with Crippen LogP contribution in [0.2, 0.25) is 0 Å². The molecule has 0 bridgehead atoms. The van der Waals surface area contributed by atoms with Crippen LogP contribution in [0.5, 0.6) is 28.7 Å². The number of hydrogen-bond donors (Lipinski definition) is 2. The molecule has 3 heterocycles. The maximum absolute atomic E-state index is 14.1. The molecule has 4 aromatic rings. The average Bonchev–Trinajstić information content (AvgIpc) is 3.02. The summed E-state index contributed by atoms with van der Waals surface area (Å²) in [5.41, 5.74) is 2.04. The summed E-state index contributed by atoms with van der Waals surface area (Å²) in [6.45, 7) is 7.50. The van der Waals surface area contributed by atoms with Gasteiger partial charge in [-0.15, -0.1) is 0 Å². The number of carbonyl (C=O) groups is 1. The Hall–Kier alpha value is -4.61. The zero-order valence-corrected chi connectivity index (χ0v) is 23.9. The van der Waals surface area contributed by atoms with Crippen molar-refractivity contribution in [1.82, 2.24) is 9.88 Å². The molecule has 0 aliphatic carbocycles. The van der Waals surface area contributed by atoms with Crippen LogP contribution >= 0.6 is 0 Å². The highest BCUT2D eigenvalue weighted by Crippen LogP contribution is 2.48. The molecule has 1 aromatic heterocycles. The first kappa shape index (κ1) is 28.5. The van der Waals surface area contributed by atoms with Gasteiger partial charge in [-0.2, -0.15) is 0 Å². The topological polar surface area (TPSA) is 103 Å². The Kier molecular flexibility index (Phi) is 8.71. The summed E-state index contributed by atoms with van der Waals surface area (Å²) in [6, 6.07) is 14.5. The van der Waals surface area contributed by atoms with Crippen LogP contribution in [0, 0.1) is 12.7 Å². The predicted octanol–water partition coefficient (Wildman–Crippen LogP) is 5.99. The minimum absolute atomic E-state index is 0.101. The Labute approximate surface area is 248 Å². The molecule has 0 spiro atoms. The van der Waals surface area contributed by atoms with Crippen LogP contribution in [0.1, 0.15) is 12.0 Å². The first-order valence-corrected chi connectivity index (χ1v) is 14.3. The van der Waals surface area contributed by atoms with Crippen molar-refractivity contribution in [2.45, 2.75) is 13.3 Å². The lowest BCUT2D eigenvalue weighted by Gasteiger charge is -2.26. The van der Waals surface area contributed by atoms with Crippen molar-refractivity contribution in [3.8, 4) is 28.7 Å². The van der Waals surface area contributed by atoms with Crippen molar-refractivity contribution in [3.63, 3.8) is 0 Å². The van der Waals surface area contributed by atoms with Gasteiger partial charge in [0, 0.05) is 37.6 Å². The van der Waals surface area contributed by atoms with E-state index in [9.17, 15) is 9.18 Å². The minimum atomic E-state index is -0.556. The molecule has 2 N–H and O–H groups in total. The monoisotopic (exact) mass is 588 g/mol. The summed E-state index contributed by atoms with van der Waals surface area (Å²) in [7, 11) is 0. The summed E-state index contributed by atoms with van der Waals surface area (Å²) in [5, 5.41) is 5.90. The van der Waals surface area contributed by atoms with E-state index in [1.54, 1.807) is 49.5 Å². The first-order valence-electron chi connectivity index (χ1n) is 14.3. The largest absolute Gasteiger partial charge is 0.489 e. The molecule has 2 aliphatic rings. The number of halogens is 1. The number of morpholine rings is 1. The maximum Gasteiger partial charge on any atom is 0.323 e. The molecule has 3 aromatic carbocycles. The fraction of sp³-hybridized carbons (Fsp3) is 0.312. The Balaban J connectivity index is 1.14. The number of amides is 2. The molecule has 10 nitrogen and oxygen atoms in total. The third kappa shape index (κ3) is 6.90. The van der Waals surface area contributed by atoms with Gasteiger partial charge in [0.15, 0.2) is 11.5 Å². The number of ether oxygens (including phenoxy) is 5. The highest BCUT2D eigenvalue weighted by atomic mass is 19.1. The van der Waals surface area contributed by atoms with Gasteiger partial charge in [-0.05, 0) is 61.4 Å². The van der Waals surface area contributed by atoms with E-state index in [2.05, 4.69) is 20.5 Å². The average molecular weight is 589 g/mol. The third-order valence-electron chi connectivity index (χ3n) is 7.14. The number of nitrogens with zero attached hydrogens (tertiary/aromatic N) is 2. The van der Waals surface area contributed by atoms with Crippen molar-refractivity contribution >= 4 is 28.3 Å². The number of aryl methyl sites for hydroxylation is 1. The molecule has 0 saturated carbocycles. The lowest BCUT2D eigenvalue weighted by atomic mass is 10.1. The lowest BCUT2D eigenvalue weighted by molar-refractivity contribution is 0.0357. The van der Waals surface area contributed by atoms with E-state index in [4.69, 9.17) is 23.7 Å². The van der Waals surface area contributed by atoms with Crippen molar-refractivity contribution in [3.05, 3.63) is 72.2 Å². The van der Waals surface area contributed by atoms with Crippen LogP contribution in [0.25, 0.3) is 10.9 Å². The van der Waals surface area contributed by atoms with E-state index in [1.165, 1.54) is 12.1 Å². The first-order chi connectivity index (χ1) is 21.0. The third-order valence-corrected chi connectivity index (χ3v) is 7.14. The number of benzene rings is 3. The molecule has 1 saturated heterocycles. The number of fused-ring (bicyclic) bond motifs is 3. The lowest BCUT2D eigenvalue weighted by Crippen LogP contribution is -2.37. The summed E-state index contributed by atoms with van der Waals surface area (Å²) in [5.74, 6) is 2.25. The number of urea groups is 1. The van der Waals surface area contributed by atoms with Gasteiger partial charge in [0.2, 0.25) is 5.75 Å². The van der Waals surface area contributed by atoms with Gasteiger partial charge in [0.1, 0.15) is 30.5 Å². The fourth-order valence-electron chi connectivity index (χ4n) is 5.00. The van der Waals surface area contributed by atoms with Crippen molar-refractivity contribution < 1.29 is 32.9 Å². The molecule has 2 amide bonds. The molecule has 43 heavy (non-hydrogen) atoms. The van der Waals surface area contributed by atoms with Crippen LogP contribution in [-0.4, -0.2) is 68.6 Å². The molecule has 224 valence electrons. The number of rotatable bonds is 9. The van der Waals surface area contributed by atoms with Crippen LogP contribution in [0.4, 0.5) is 20.6 Å². The van der Waals surface area contributed by atoms with Crippen LogP contribution in [0.15, 0.2) is 60.8 Å². The standard InChI is InChI=1S/C32H33FN4O6/c1-21-3-8-25(24(33)19-21)36-32(38)35-22-4-6-23(7-5-22)43-27-9-10-34-26-20-28(30-31(29(26)27)42-18-17-41-30)40-14-2-11-37-12-15-39-16-13-37/h3-10,19-20H,2,11-18H2,1H3,(H2,35,36,38). The molecule has 2 aliphatic heterocycles. The van der Waals surface area contributed by atoms with Crippen molar-refractivity contribution in [1.29, 1.82) is 0 Å². The second kappa shape index (κ2) is 13.1. The van der Waals surface area contributed by atoms with Gasteiger partial charge in [-0.3, -0.25) is 9.88 Å². The molecule has 0 unspecified atom stereocenters. The number of aromatic nitrogens is 1. The highest BCUT2D eigenvalue weighted by molar-refractivity contribution is 6.00. The zero-order chi connectivity index (χ0) is 29.6. The number of nitrogens with one attached hydrogen (secondary N) is 2. The fourth-order valence-corrected chi connectivity index (χ4v) is 5.00. The summed E-state index contributed by atoms with van der Waals surface area (Å²) >= 11 is 0. The normalized spacial score (nSPS) is 14.7. The van der Waals surface area contributed by atoms with E-state index >= 15 is 0 Å². The number of hydrogen-bond acceptors (Lipinski definition) is 8. The zero-order valence-electron chi connectivity index (χ0n) is 23.9. The van der Waals surface area contributed by atoms with Crippen LogP contribution < -0.4 is 29.6 Å². The predicted molar refractivity (Wildman–Crippen MR) is 160 cm³/mol. The van der Waals surface area contributed by atoms with Gasteiger partial charge in [-0.1, -0.05) is 6.07 Å². The Morgan fingerprint density at radius 2 is 1.74 bits per heavy atom. The van der Waals surface area contributed by atoms with Gasteiger partial charge >= 0.3 is 6.03 Å². The smallest absolute Gasteiger partial charge is 0.323 e. The summed E-state index contributed by atoms with van der Waals surface area (Å²) in [4.78, 5) is 19.3. The number of anilines is 2. The molecular weight excluding hydrogens is 555 g/mol. The van der Waals surface area contributed by atoms with Gasteiger partial charge in [0.05, 0.1) is 36.4 Å². The van der Waals surface area contributed by atoms with E-state index in [1.807, 2.05) is 6.07 Å². The minimum Gasteiger partial charge on any atom is -0.489 e. The van der Waals surface area contributed by atoms with Crippen LogP contribution in [-0.2, 0) is 4.74 Å². The van der Waals surface area contributed by atoms with E-state index in [0.29, 0.717) is 65.2 Å². The summed E-state index contributed by atoms with van der Waals surface area (Å²) < 4.78 is 43.9. The highest BCUT2D eigenvalue weighted by Gasteiger charge is 2.25. The number of carbonyl (C=O) groups excluding carboxylic acids is 1. The van der Waals surface area contributed by atoms with Crippen LogP contribution in [0.3, 0.4) is 0 Å². The van der Waals surface area contributed by atoms with Crippen molar-refractivity contribution in [2.24, 2.45) is 0 Å². The quantitative estimate of drug-likeness (QED) is 0.230. The van der Waals surface area contributed by atoms with Gasteiger partial charge in [0.25, 0.3) is 0 Å². The van der Waals surface area contributed by atoms with E-state index in [0.717, 1.165) is 44.8 Å².